The molecule has 5 heteroatoms. The van der Waals surface area contributed by atoms with E-state index in [2.05, 4.69) is 29.8 Å². The molecule has 1 aromatic rings. The van der Waals surface area contributed by atoms with Crippen LogP contribution in [-0.4, -0.2) is 37.3 Å². The molecule has 1 aliphatic rings. The number of nitrogens with one attached hydrogen (secondary N) is 2. The van der Waals surface area contributed by atoms with Gasteiger partial charge in [-0.05, 0) is 43.4 Å². The van der Waals surface area contributed by atoms with Crippen LogP contribution >= 0.6 is 0 Å². The van der Waals surface area contributed by atoms with E-state index < -0.39 is 0 Å². The van der Waals surface area contributed by atoms with E-state index in [1.807, 2.05) is 10.8 Å². The fraction of sp³-hybridized carbons (Fsp3) is 0.688. The van der Waals surface area contributed by atoms with Crippen molar-refractivity contribution in [1.29, 1.82) is 0 Å². The summed E-state index contributed by atoms with van der Waals surface area (Å²) in [4.78, 5) is 11.8. The molecule has 2 rings (SSSR count). The molecule has 118 valence electrons. The second-order valence-corrected chi connectivity index (χ2v) is 5.73. The standard InChI is InChI=1S/C16H27N3O2/c1-3-7-18-16(13-4-5-13)14-6-9-19(11-14)12-15(20)17-8-10-21-2/h6,9,11,13,16,18H,3-5,7-8,10,12H2,1-2H3,(H,17,20). The van der Waals surface area contributed by atoms with Crippen molar-refractivity contribution < 1.29 is 9.53 Å². The van der Waals surface area contributed by atoms with E-state index >= 15 is 0 Å². The first-order chi connectivity index (χ1) is 10.2. The normalized spacial score (nSPS) is 15.9. The van der Waals surface area contributed by atoms with Gasteiger partial charge in [-0.25, -0.2) is 0 Å². The summed E-state index contributed by atoms with van der Waals surface area (Å²) in [6.07, 6.45) is 7.86. The van der Waals surface area contributed by atoms with Crippen LogP contribution in [0.1, 0.15) is 37.8 Å². The van der Waals surface area contributed by atoms with Gasteiger partial charge in [0.1, 0.15) is 6.54 Å². The Balaban J connectivity index is 1.85. The zero-order chi connectivity index (χ0) is 15.1. The number of methoxy groups -OCH3 is 1. The number of carbonyl (C=O) groups excluding carboxylic acids is 1. The maximum atomic E-state index is 11.8. The molecule has 5 nitrogen and oxygen atoms in total. The van der Waals surface area contributed by atoms with E-state index in [-0.39, 0.29) is 5.91 Å². The van der Waals surface area contributed by atoms with E-state index in [9.17, 15) is 4.79 Å². The first-order valence-corrected chi connectivity index (χ1v) is 7.89. The lowest BCUT2D eigenvalue weighted by Crippen LogP contribution is -2.30. The maximum Gasteiger partial charge on any atom is 0.239 e. The van der Waals surface area contributed by atoms with Gasteiger partial charge in [0, 0.05) is 32.1 Å². The van der Waals surface area contributed by atoms with Gasteiger partial charge in [0.25, 0.3) is 0 Å². The molecule has 0 aliphatic heterocycles. The number of hydrogen-bond acceptors (Lipinski definition) is 3. The predicted octanol–water partition coefficient (Wildman–Crippen LogP) is 1.70. The summed E-state index contributed by atoms with van der Waals surface area (Å²) in [6.45, 7) is 4.71. The van der Waals surface area contributed by atoms with Gasteiger partial charge in [-0.1, -0.05) is 6.92 Å². The molecule has 1 amide bonds. The van der Waals surface area contributed by atoms with Crippen molar-refractivity contribution in [2.45, 2.75) is 38.8 Å². The molecule has 0 aromatic carbocycles. The molecule has 21 heavy (non-hydrogen) atoms. The van der Waals surface area contributed by atoms with Crippen LogP contribution in [0.5, 0.6) is 0 Å². The quantitative estimate of drug-likeness (QED) is 0.646. The van der Waals surface area contributed by atoms with Gasteiger partial charge in [-0.3, -0.25) is 4.79 Å². The molecule has 1 aliphatic carbocycles. The zero-order valence-electron chi connectivity index (χ0n) is 13.1. The molecule has 1 aromatic heterocycles. The summed E-state index contributed by atoms with van der Waals surface area (Å²) in [5.74, 6) is 0.793. The van der Waals surface area contributed by atoms with Crippen molar-refractivity contribution in [2.24, 2.45) is 5.92 Å². The number of amides is 1. The largest absolute Gasteiger partial charge is 0.383 e. The average Bonchev–Trinajstić information content (AvgIpc) is 3.20. The molecular formula is C16H27N3O2. The lowest BCUT2D eigenvalue weighted by molar-refractivity contribution is -0.121. The van der Waals surface area contributed by atoms with Crippen LogP contribution in [0.4, 0.5) is 0 Å². The number of carbonyl (C=O) groups is 1. The average molecular weight is 293 g/mol. The van der Waals surface area contributed by atoms with Gasteiger partial charge in [0.05, 0.1) is 6.61 Å². The Morgan fingerprint density at radius 1 is 1.48 bits per heavy atom. The Morgan fingerprint density at radius 2 is 2.29 bits per heavy atom. The molecule has 0 bridgehead atoms. The first kappa shape index (κ1) is 16.0. The molecular weight excluding hydrogens is 266 g/mol. The Kier molecular flexibility index (Phi) is 6.26. The highest BCUT2D eigenvalue weighted by Gasteiger charge is 2.32. The number of aromatic nitrogens is 1. The van der Waals surface area contributed by atoms with Crippen molar-refractivity contribution in [3.63, 3.8) is 0 Å². The van der Waals surface area contributed by atoms with E-state index in [4.69, 9.17) is 4.74 Å². The highest BCUT2D eigenvalue weighted by atomic mass is 16.5. The van der Waals surface area contributed by atoms with Crippen LogP contribution in [0.25, 0.3) is 0 Å². The number of rotatable bonds is 10. The molecule has 0 radical (unpaired) electrons. The van der Waals surface area contributed by atoms with Crippen molar-refractivity contribution >= 4 is 5.91 Å². The molecule has 2 N–H and O–H groups in total. The molecule has 1 heterocycles. The molecule has 1 atom stereocenters. The number of nitrogens with zero attached hydrogens (tertiary/aromatic N) is 1. The second-order valence-electron chi connectivity index (χ2n) is 5.73. The van der Waals surface area contributed by atoms with Gasteiger partial charge in [0.15, 0.2) is 0 Å². The zero-order valence-corrected chi connectivity index (χ0v) is 13.1. The SMILES string of the molecule is CCCNC(c1ccn(CC(=O)NCCOC)c1)C1CC1. The summed E-state index contributed by atoms with van der Waals surface area (Å²) in [6, 6.07) is 2.58. The lowest BCUT2D eigenvalue weighted by Gasteiger charge is -2.16. The van der Waals surface area contributed by atoms with Crippen molar-refractivity contribution in [1.82, 2.24) is 15.2 Å². The van der Waals surface area contributed by atoms with Crippen LogP contribution in [0.2, 0.25) is 0 Å². The summed E-state index contributed by atoms with van der Waals surface area (Å²) >= 11 is 0. The minimum Gasteiger partial charge on any atom is -0.383 e. The molecule has 0 spiro atoms. The Morgan fingerprint density at radius 3 is 2.95 bits per heavy atom. The van der Waals surface area contributed by atoms with Crippen molar-refractivity contribution in [3.05, 3.63) is 24.0 Å². The fourth-order valence-corrected chi connectivity index (χ4v) is 2.54. The molecule has 1 fully saturated rings. The highest BCUT2D eigenvalue weighted by molar-refractivity contribution is 5.75. The molecule has 0 saturated heterocycles. The number of ether oxygens (including phenoxy) is 1. The predicted molar refractivity (Wildman–Crippen MR) is 83.1 cm³/mol. The Hall–Kier alpha value is -1.33. The monoisotopic (exact) mass is 293 g/mol. The molecule has 1 unspecified atom stereocenters. The van der Waals surface area contributed by atoms with Crippen LogP contribution in [0.15, 0.2) is 18.5 Å². The van der Waals surface area contributed by atoms with Gasteiger partial charge in [-0.2, -0.15) is 0 Å². The van der Waals surface area contributed by atoms with Gasteiger partial charge >= 0.3 is 0 Å². The third-order valence-electron chi connectivity index (χ3n) is 3.79. The van der Waals surface area contributed by atoms with Crippen LogP contribution < -0.4 is 10.6 Å². The van der Waals surface area contributed by atoms with Gasteiger partial charge in [-0.15, -0.1) is 0 Å². The smallest absolute Gasteiger partial charge is 0.239 e. The lowest BCUT2D eigenvalue weighted by atomic mass is 10.1. The van der Waals surface area contributed by atoms with E-state index in [0.29, 0.717) is 25.7 Å². The Labute approximate surface area is 127 Å². The van der Waals surface area contributed by atoms with Crippen molar-refractivity contribution in [2.75, 3.05) is 26.8 Å². The third kappa shape index (κ3) is 5.17. The fourth-order valence-electron chi connectivity index (χ4n) is 2.54. The maximum absolute atomic E-state index is 11.8. The van der Waals surface area contributed by atoms with Crippen LogP contribution in [0.3, 0.4) is 0 Å². The third-order valence-corrected chi connectivity index (χ3v) is 3.79. The van der Waals surface area contributed by atoms with Gasteiger partial charge in [0.2, 0.25) is 5.91 Å². The van der Waals surface area contributed by atoms with E-state index in [1.165, 1.54) is 18.4 Å². The summed E-state index contributed by atoms with van der Waals surface area (Å²) in [7, 11) is 1.63. The van der Waals surface area contributed by atoms with E-state index in [0.717, 1.165) is 18.9 Å². The van der Waals surface area contributed by atoms with Gasteiger partial charge < -0.3 is 19.9 Å². The molecule has 1 saturated carbocycles. The minimum atomic E-state index is 0.0266. The van der Waals surface area contributed by atoms with Crippen molar-refractivity contribution in [3.8, 4) is 0 Å². The highest BCUT2D eigenvalue weighted by Crippen LogP contribution is 2.41. The summed E-state index contributed by atoms with van der Waals surface area (Å²) in [5.41, 5.74) is 1.30. The van der Waals surface area contributed by atoms with Crippen LogP contribution in [-0.2, 0) is 16.1 Å². The Bertz CT molecular complexity index is 440. The van der Waals surface area contributed by atoms with E-state index in [1.54, 1.807) is 7.11 Å². The summed E-state index contributed by atoms with van der Waals surface area (Å²) in [5, 5.41) is 6.47. The number of hydrogen-bond donors (Lipinski definition) is 2. The van der Waals surface area contributed by atoms with Crippen LogP contribution in [0, 0.1) is 5.92 Å². The second kappa shape index (κ2) is 8.20. The summed E-state index contributed by atoms with van der Waals surface area (Å²) < 4.78 is 6.88. The minimum absolute atomic E-state index is 0.0266. The topological polar surface area (TPSA) is 55.3 Å². The first-order valence-electron chi connectivity index (χ1n) is 7.89.